The summed E-state index contributed by atoms with van der Waals surface area (Å²) in [5, 5.41) is -0.286. The van der Waals surface area contributed by atoms with Crippen molar-refractivity contribution in [3.8, 4) is 5.75 Å². The van der Waals surface area contributed by atoms with Crippen LogP contribution in [0, 0.1) is 19.7 Å². The van der Waals surface area contributed by atoms with Gasteiger partial charge in [-0.15, -0.1) is 11.6 Å². The highest BCUT2D eigenvalue weighted by atomic mass is 35.5. The molecular weight excluding hydrogens is 263 g/mol. The number of ether oxygens (including phenoxy) is 1. The Labute approximate surface area is 118 Å². The molecule has 1 nitrogen and oxygen atoms in total. The lowest BCUT2D eigenvalue weighted by atomic mass is 9.95. The van der Waals surface area contributed by atoms with Crippen molar-refractivity contribution in [2.45, 2.75) is 19.2 Å². The van der Waals surface area contributed by atoms with Crippen LogP contribution in [0.2, 0.25) is 0 Å². The SMILES string of the molecule is COc1ccc(C(Cl)c2c(C)cc(F)cc2C)cc1. The monoisotopic (exact) mass is 278 g/mol. The second-order valence-electron chi connectivity index (χ2n) is 4.59. The summed E-state index contributed by atoms with van der Waals surface area (Å²) >= 11 is 6.53. The zero-order valence-corrected chi connectivity index (χ0v) is 12.0. The minimum atomic E-state index is -0.286. The van der Waals surface area contributed by atoms with E-state index in [1.54, 1.807) is 7.11 Å². The molecular formula is C16H16ClFO. The van der Waals surface area contributed by atoms with Crippen LogP contribution in [-0.4, -0.2) is 7.11 Å². The third-order valence-electron chi connectivity index (χ3n) is 3.22. The summed E-state index contributed by atoms with van der Waals surface area (Å²) in [4.78, 5) is 0. The Hall–Kier alpha value is -1.54. The fourth-order valence-electron chi connectivity index (χ4n) is 2.26. The Morgan fingerprint density at radius 1 is 1.05 bits per heavy atom. The standard InChI is InChI=1S/C16H16ClFO/c1-10-8-13(18)9-11(2)15(10)16(17)12-4-6-14(19-3)7-5-12/h4-9,16H,1-3H3. The van der Waals surface area contributed by atoms with Crippen molar-refractivity contribution in [3.63, 3.8) is 0 Å². The van der Waals surface area contributed by atoms with Crippen molar-refractivity contribution >= 4 is 11.6 Å². The number of benzene rings is 2. The van der Waals surface area contributed by atoms with E-state index >= 15 is 0 Å². The number of halogens is 2. The van der Waals surface area contributed by atoms with Crippen molar-refractivity contribution in [1.82, 2.24) is 0 Å². The van der Waals surface area contributed by atoms with Crippen LogP contribution in [0.5, 0.6) is 5.75 Å². The van der Waals surface area contributed by atoms with Gasteiger partial charge in [0.05, 0.1) is 12.5 Å². The molecule has 2 aromatic carbocycles. The number of aryl methyl sites for hydroxylation is 2. The molecule has 100 valence electrons. The van der Waals surface area contributed by atoms with Crippen LogP contribution < -0.4 is 4.74 Å². The maximum Gasteiger partial charge on any atom is 0.123 e. The third-order valence-corrected chi connectivity index (χ3v) is 3.69. The van der Waals surface area contributed by atoms with Crippen molar-refractivity contribution in [2.75, 3.05) is 7.11 Å². The van der Waals surface area contributed by atoms with Gasteiger partial charge in [0.25, 0.3) is 0 Å². The number of alkyl halides is 1. The van der Waals surface area contributed by atoms with Crippen LogP contribution in [-0.2, 0) is 0 Å². The Balaban J connectivity index is 2.40. The molecule has 0 bridgehead atoms. The number of rotatable bonds is 3. The predicted molar refractivity (Wildman–Crippen MR) is 76.6 cm³/mol. The van der Waals surface area contributed by atoms with E-state index in [4.69, 9.17) is 16.3 Å². The molecule has 0 N–H and O–H groups in total. The molecule has 1 unspecified atom stereocenters. The summed E-state index contributed by atoms with van der Waals surface area (Å²) in [6.45, 7) is 3.76. The summed E-state index contributed by atoms with van der Waals surface area (Å²) in [5.74, 6) is 0.567. The van der Waals surface area contributed by atoms with E-state index < -0.39 is 0 Å². The molecule has 19 heavy (non-hydrogen) atoms. The van der Waals surface area contributed by atoms with Gasteiger partial charge in [0, 0.05) is 0 Å². The zero-order chi connectivity index (χ0) is 14.0. The lowest BCUT2D eigenvalue weighted by Crippen LogP contribution is -2.00. The van der Waals surface area contributed by atoms with Gasteiger partial charge < -0.3 is 4.74 Å². The Morgan fingerprint density at radius 3 is 2.05 bits per heavy atom. The topological polar surface area (TPSA) is 9.23 Å². The highest BCUT2D eigenvalue weighted by Gasteiger charge is 2.16. The van der Waals surface area contributed by atoms with Crippen molar-refractivity contribution in [2.24, 2.45) is 0 Å². The lowest BCUT2D eigenvalue weighted by Gasteiger charge is -2.16. The minimum absolute atomic E-state index is 0.225. The molecule has 0 fully saturated rings. The molecule has 0 aliphatic heterocycles. The largest absolute Gasteiger partial charge is 0.497 e. The molecule has 1 atom stereocenters. The molecule has 2 rings (SSSR count). The van der Waals surface area contributed by atoms with Crippen molar-refractivity contribution in [3.05, 3.63) is 64.5 Å². The number of hydrogen-bond acceptors (Lipinski definition) is 1. The average molecular weight is 279 g/mol. The highest BCUT2D eigenvalue weighted by molar-refractivity contribution is 6.22. The normalized spacial score (nSPS) is 12.3. The first kappa shape index (κ1) is 13.9. The summed E-state index contributed by atoms with van der Waals surface area (Å²) < 4.78 is 18.4. The lowest BCUT2D eigenvalue weighted by molar-refractivity contribution is 0.414. The van der Waals surface area contributed by atoms with E-state index in [1.807, 2.05) is 38.1 Å². The van der Waals surface area contributed by atoms with Gasteiger partial charge in [-0.25, -0.2) is 4.39 Å². The van der Waals surface area contributed by atoms with E-state index in [9.17, 15) is 4.39 Å². The Kier molecular flexibility index (Phi) is 4.11. The van der Waals surface area contributed by atoms with Gasteiger partial charge >= 0.3 is 0 Å². The van der Waals surface area contributed by atoms with E-state index in [0.29, 0.717) is 0 Å². The zero-order valence-electron chi connectivity index (χ0n) is 11.2. The molecule has 0 saturated carbocycles. The molecule has 0 spiro atoms. The van der Waals surface area contributed by atoms with Crippen LogP contribution in [0.4, 0.5) is 4.39 Å². The second kappa shape index (κ2) is 5.62. The van der Waals surface area contributed by atoms with E-state index in [1.165, 1.54) is 12.1 Å². The molecule has 0 radical (unpaired) electrons. The van der Waals surface area contributed by atoms with Crippen LogP contribution in [0.1, 0.15) is 27.6 Å². The quantitative estimate of drug-likeness (QED) is 0.734. The van der Waals surface area contributed by atoms with E-state index in [-0.39, 0.29) is 11.2 Å². The Bertz CT molecular complexity index is 555. The first-order chi connectivity index (χ1) is 9.02. The molecule has 2 aromatic rings. The molecule has 0 aliphatic rings. The van der Waals surface area contributed by atoms with Crippen molar-refractivity contribution < 1.29 is 9.13 Å². The molecule has 0 saturated heterocycles. The maximum absolute atomic E-state index is 13.3. The van der Waals surface area contributed by atoms with Gasteiger partial charge in [-0.3, -0.25) is 0 Å². The fraction of sp³-hybridized carbons (Fsp3) is 0.250. The summed E-state index contributed by atoms with van der Waals surface area (Å²) in [5.41, 5.74) is 3.68. The molecule has 0 aromatic heterocycles. The summed E-state index contributed by atoms with van der Waals surface area (Å²) in [6, 6.07) is 10.6. The average Bonchev–Trinajstić information content (AvgIpc) is 2.37. The van der Waals surface area contributed by atoms with Crippen LogP contribution >= 0.6 is 11.6 Å². The van der Waals surface area contributed by atoms with Gasteiger partial charge in [0.2, 0.25) is 0 Å². The fourth-order valence-corrected chi connectivity index (χ4v) is 2.75. The van der Waals surface area contributed by atoms with Gasteiger partial charge in [0.15, 0.2) is 0 Å². The van der Waals surface area contributed by atoms with Crippen LogP contribution in [0.3, 0.4) is 0 Å². The van der Waals surface area contributed by atoms with Gasteiger partial charge in [0.1, 0.15) is 11.6 Å². The first-order valence-corrected chi connectivity index (χ1v) is 6.51. The first-order valence-electron chi connectivity index (χ1n) is 6.07. The molecule has 0 aliphatic carbocycles. The smallest absolute Gasteiger partial charge is 0.123 e. The Morgan fingerprint density at radius 2 is 1.58 bits per heavy atom. The van der Waals surface area contributed by atoms with Crippen LogP contribution in [0.15, 0.2) is 36.4 Å². The molecule has 3 heteroatoms. The second-order valence-corrected chi connectivity index (χ2v) is 5.03. The van der Waals surface area contributed by atoms with Gasteiger partial charge in [-0.2, -0.15) is 0 Å². The number of methoxy groups -OCH3 is 1. The molecule has 0 heterocycles. The van der Waals surface area contributed by atoms with Gasteiger partial charge in [-0.1, -0.05) is 12.1 Å². The van der Waals surface area contributed by atoms with E-state index in [0.717, 1.165) is 28.0 Å². The summed E-state index contributed by atoms with van der Waals surface area (Å²) in [7, 11) is 1.63. The summed E-state index contributed by atoms with van der Waals surface area (Å²) in [6.07, 6.45) is 0. The molecule has 0 amide bonds. The van der Waals surface area contributed by atoms with Gasteiger partial charge in [-0.05, 0) is 60.4 Å². The van der Waals surface area contributed by atoms with E-state index in [2.05, 4.69) is 0 Å². The predicted octanol–water partition coefficient (Wildman–Crippen LogP) is 4.78. The van der Waals surface area contributed by atoms with Crippen molar-refractivity contribution in [1.29, 1.82) is 0 Å². The number of hydrogen-bond donors (Lipinski definition) is 0. The maximum atomic E-state index is 13.3. The van der Waals surface area contributed by atoms with Crippen LogP contribution in [0.25, 0.3) is 0 Å². The minimum Gasteiger partial charge on any atom is -0.497 e. The third kappa shape index (κ3) is 2.90. The highest BCUT2D eigenvalue weighted by Crippen LogP contribution is 2.34.